The van der Waals surface area contributed by atoms with E-state index in [0.717, 1.165) is 16.7 Å². The molecule has 1 atom stereocenters. The lowest BCUT2D eigenvalue weighted by Crippen LogP contribution is -2.16. The van der Waals surface area contributed by atoms with Gasteiger partial charge < -0.3 is 11.5 Å². The highest BCUT2D eigenvalue weighted by Crippen LogP contribution is 2.20. The van der Waals surface area contributed by atoms with E-state index in [-0.39, 0.29) is 6.04 Å². The van der Waals surface area contributed by atoms with Gasteiger partial charge in [0.1, 0.15) is 5.82 Å². The molecule has 4 nitrogen and oxygen atoms in total. The Morgan fingerprint density at radius 2 is 2.18 bits per heavy atom. The third kappa shape index (κ3) is 2.79. The fraction of sp³-hybridized carbons (Fsp3) is 0.231. The first-order valence-electron chi connectivity index (χ1n) is 5.53. The number of pyridine rings is 2. The van der Waals surface area contributed by atoms with Gasteiger partial charge in [-0.25, -0.2) is 4.98 Å². The van der Waals surface area contributed by atoms with Crippen molar-refractivity contribution < 1.29 is 0 Å². The molecule has 0 spiro atoms. The number of nitrogen functional groups attached to an aromatic ring is 1. The van der Waals surface area contributed by atoms with Gasteiger partial charge in [0.25, 0.3) is 0 Å². The van der Waals surface area contributed by atoms with E-state index in [4.69, 9.17) is 11.5 Å². The van der Waals surface area contributed by atoms with Gasteiger partial charge in [0.15, 0.2) is 0 Å². The Balaban J connectivity index is 2.20. The van der Waals surface area contributed by atoms with Crippen LogP contribution in [0.5, 0.6) is 0 Å². The molecule has 2 aromatic rings. The molecular weight excluding hydrogens is 212 g/mol. The predicted molar refractivity (Wildman–Crippen MR) is 68.3 cm³/mol. The van der Waals surface area contributed by atoms with Gasteiger partial charge in [-0.15, -0.1) is 0 Å². The Bertz CT molecular complexity index is 496. The van der Waals surface area contributed by atoms with Crippen LogP contribution in [0, 0.1) is 6.92 Å². The fourth-order valence-corrected chi connectivity index (χ4v) is 1.78. The van der Waals surface area contributed by atoms with Crippen LogP contribution in [0.1, 0.15) is 22.7 Å². The maximum Gasteiger partial charge on any atom is 0.128 e. The van der Waals surface area contributed by atoms with Crippen LogP contribution in [0.2, 0.25) is 0 Å². The SMILES string of the molecule is Cc1cnc(N)c(C(N)Cc2cccnc2)c1. The summed E-state index contributed by atoms with van der Waals surface area (Å²) in [5, 5.41) is 0. The molecule has 0 fully saturated rings. The van der Waals surface area contributed by atoms with Gasteiger partial charge in [0.2, 0.25) is 0 Å². The highest BCUT2D eigenvalue weighted by molar-refractivity contribution is 5.43. The molecule has 0 saturated carbocycles. The Hall–Kier alpha value is -1.94. The lowest BCUT2D eigenvalue weighted by molar-refractivity contribution is 0.718. The van der Waals surface area contributed by atoms with Crippen LogP contribution >= 0.6 is 0 Å². The normalized spacial score (nSPS) is 12.4. The number of hydrogen-bond acceptors (Lipinski definition) is 4. The molecule has 4 heteroatoms. The minimum Gasteiger partial charge on any atom is -0.383 e. The van der Waals surface area contributed by atoms with Crippen molar-refractivity contribution in [3.63, 3.8) is 0 Å². The van der Waals surface area contributed by atoms with E-state index in [0.29, 0.717) is 12.2 Å². The molecule has 0 amide bonds. The summed E-state index contributed by atoms with van der Waals surface area (Å²) in [6.45, 7) is 1.98. The van der Waals surface area contributed by atoms with E-state index in [1.54, 1.807) is 12.4 Å². The van der Waals surface area contributed by atoms with Crippen molar-refractivity contribution in [3.05, 3.63) is 53.5 Å². The summed E-state index contributed by atoms with van der Waals surface area (Å²) < 4.78 is 0. The zero-order valence-corrected chi connectivity index (χ0v) is 9.80. The largest absolute Gasteiger partial charge is 0.383 e. The first-order valence-corrected chi connectivity index (χ1v) is 5.53. The van der Waals surface area contributed by atoms with E-state index in [1.165, 1.54) is 0 Å². The second kappa shape index (κ2) is 4.93. The molecule has 0 saturated heterocycles. The van der Waals surface area contributed by atoms with Crippen molar-refractivity contribution in [2.75, 3.05) is 5.73 Å². The molecule has 2 heterocycles. The molecule has 0 radical (unpaired) electrons. The lowest BCUT2D eigenvalue weighted by atomic mass is 10.0. The van der Waals surface area contributed by atoms with Crippen LogP contribution in [0.3, 0.4) is 0 Å². The van der Waals surface area contributed by atoms with Gasteiger partial charge in [-0.1, -0.05) is 6.07 Å². The molecule has 0 aliphatic rings. The summed E-state index contributed by atoms with van der Waals surface area (Å²) >= 11 is 0. The second-order valence-electron chi connectivity index (χ2n) is 4.16. The van der Waals surface area contributed by atoms with Gasteiger partial charge in [0.05, 0.1) is 0 Å². The number of nitrogens with two attached hydrogens (primary N) is 2. The molecule has 2 aromatic heterocycles. The highest BCUT2D eigenvalue weighted by Gasteiger charge is 2.11. The molecule has 0 aromatic carbocycles. The van der Waals surface area contributed by atoms with E-state index in [1.807, 2.05) is 31.3 Å². The van der Waals surface area contributed by atoms with Gasteiger partial charge in [-0.3, -0.25) is 4.98 Å². The zero-order valence-electron chi connectivity index (χ0n) is 9.80. The van der Waals surface area contributed by atoms with Crippen LogP contribution in [0.25, 0.3) is 0 Å². The van der Waals surface area contributed by atoms with E-state index < -0.39 is 0 Å². The summed E-state index contributed by atoms with van der Waals surface area (Å²) in [6, 6.07) is 5.75. The smallest absolute Gasteiger partial charge is 0.128 e. The van der Waals surface area contributed by atoms with E-state index in [9.17, 15) is 0 Å². The van der Waals surface area contributed by atoms with Crippen LogP contribution in [-0.2, 0) is 6.42 Å². The van der Waals surface area contributed by atoms with Crippen molar-refractivity contribution in [2.45, 2.75) is 19.4 Å². The summed E-state index contributed by atoms with van der Waals surface area (Å²) in [4.78, 5) is 8.19. The summed E-state index contributed by atoms with van der Waals surface area (Å²) in [7, 11) is 0. The van der Waals surface area contributed by atoms with Crippen molar-refractivity contribution >= 4 is 5.82 Å². The van der Waals surface area contributed by atoms with Crippen LogP contribution in [-0.4, -0.2) is 9.97 Å². The van der Waals surface area contributed by atoms with Crippen LogP contribution in [0.4, 0.5) is 5.82 Å². The van der Waals surface area contributed by atoms with Crippen LogP contribution < -0.4 is 11.5 Å². The van der Waals surface area contributed by atoms with Crippen molar-refractivity contribution in [1.82, 2.24) is 9.97 Å². The third-order valence-electron chi connectivity index (χ3n) is 2.66. The number of nitrogens with zero attached hydrogens (tertiary/aromatic N) is 2. The van der Waals surface area contributed by atoms with Crippen molar-refractivity contribution in [1.29, 1.82) is 0 Å². The number of aryl methyl sites for hydroxylation is 1. The molecule has 0 bridgehead atoms. The predicted octanol–water partition coefficient (Wildman–Crippen LogP) is 1.61. The Morgan fingerprint density at radius 3 is 2.88 bits per heavy atom. The Labute approximate surface area is 101 Å². The number of aromatic nitrogens is 2. The minimum absolute atomic E-state index is 0.147. The highest BCUT2D eigenvalue weighted by atomic mass is 14.8. The molecule has 17 heavy (non-hydrogen) atoms. The molecular formula is C13H16N4. The zero-order chi connectivity index (χ0) is 12.3. The molecule has 88 valence electrons. The topological polar surface area (TPSA) is 77.8 Å². The van der Waals surface area contributed by atoms with Gasteiger partial charge >= 0.3 is 0 Å². The minimum atomic E-state index is -0.147. The van der Waals surface area contributed by atoms with Crippen molar-refractivity contribution in [3.8, 4) is 0 Å². The van der Waals surface area contributed by atoms with E-state index in [2.05, 4.69) is 9.97 Å². The maximum atomic E-state index is 6.15. The first-order chi connectivity index (χ1) is 8.16. The summed E-state index contributed by atoms with van der Waals surface area (Å²) in [5.74, 6) is 0.506. The molecule has 0 aliphatic heterocycles. The lowest BCUT2D eigenvalue weighted by Gasteiger charge is -2.14. The fourth-order valence-electron chi connectivity index (χ4n) is 1.78. The average Bonchev–Trinajstić information content (AvgIpc) is 2.33. The third-order valence-corrected chi connectivity index (χ3v) is 2.66. The molecule has 2 rings (SSSR count). The molecule has 1 unspecified atom stereocenters. The summed E-state index contributed by atoms with van der Waals surface area (Å²) in [5.41, 5.74) is 15.0. The second-order valence-corrected chi connectivity index (χ2v) is 4.16. The monoisotopic (exact) mass is 228 g/mol. The Kier molecular flexibility index (Phi) is 3.35. The van der Waals surface area contributed by atoms with Gasteiger partial charge in [-0.05, 0) is 36.6 Å². The maximum absolute atomic E-state index is 6.15. The first kappa shape index (κ1) is 11.5. The van der Waals surface area contributed by atoms with Crippen molar-refractivity contribution in [2.24, 2.45) is 5.73 Å². The average molecular weight is 228 g/mol. The van der Waals surface area contributed by atoms with Crippen LogP contribution in [0.15, 0.2) is 36.8 Å². The quantitative estimate of drug-likeness (QED) is 0.836. The Morgan fingerprint density at radius 1 is 1.35 bits per heavy atom. The standard InChI is InChI=1S/C13H16N4/c1-9-5-11(13(15)17-7-9)12(14)6-10-3-2-4-16-8-10/h2-5,7-8,12H,6,14H2,1H3,(H2,15,17). The molecule has 0 aliphatic carbocycles. The van der Waals surface area contributed by atoms with Gasteiger partial charge in [0, 0.05) is 30.2 Å². The summed E-state index contributed by atoms with van der Waals surface area (Å²) in [6.07, 6.45) is 6.02. The number of rotatable bonds is 3. The van der Waals surface area contributed by atoms with Gasteiger partial charge in [-0.2, -0.15) is 0 Å². The van der Waals surface area contributed by atoms with E-state index >= 15 is 0 Å². The molecule has 4 N–H and O–H groups in total. The number of anilines is 1. The number of hydrogen-bond donors (Lipinski definition) is 2.